The fraction of sp³-hybridized carbons (Fsp3) is 0.556. The molecule has 0 unspecified atom stereocenters. The van der Waals surface area contributed by atoms with Crippen LogP contribution in [0, 0.1) is 11.3 Å². The molecule has 0 bridgehead atoms. The average Bonchev–Trinajstić information content (AvgIpc) is 2.53. The zero-order valence-corrected chi connectivity index (χ0v) is 16.7. The van der Waals surface area contributed by atoms with E-state index in [0.29, 0.717) is 31.6 Å². The van der Waals surface area contributed by atoms with Crippen molar-refractivity contribution in [3.63, 3.8) is 0 Å². The largest absolute Gasteiger partial charge is 0.355 e. The fourth-order valence-electron chi connectivity index (χ4n) is 2.62. The Bertz CT molecular complexity index is 724. The molecule has 1 amide bonds. The lowest BCUT2D eigenvalue weighted by Gasteiger charge is -2.24. The molecule has 1 N–H and O–H groups in total. The number of carbonyl (C=O) groups is 1. The first-order valence-electron chi connectivity index (χ1n) is 8.54. The lowest BCUT2D eigenvalue weighted by atomic mass is 10.1. The predicted molar refractivity (Wildman–Crippen MR) is 102 cm³/mol. The number of nitrogens with zero attached hydrogens (tertiary/aromatic N) is 3. The molecule has 26 heavy (non-hydrogen) atoms. The summed E-state index contributed by atoms with van der Waals surface area (Å²) in [5.74, 6) is -0.100. The van der Waals surface area contributed by atoms with Gasteiger partial charge >= 0.3 is 0 Å². The number of amides is 1. The van der Waals surface area contributed by atoms with Crippen molar-refractivity contribution in [1.29, 1.82) is 5.26 Å². The van der Waals surface area contributed by atoms with Gasteiger partial charge in [-0.25, -0.2) is 8.42 Å². The number of likely N-dealkylation sites (N-methyl/N-ethyl adjacent to an activating group) is 1. The zero-order valence-electron chi connectivity index (χ0n) is 15.9. The molecule has 0 aromatic heterocycles. The third-order valence-electron chi connectivity index (χ3n) is 3.83. The van der Waals surface area contributed by atoms with Gasteiger partial charge in [-0.3, -0.25) is 9.69 Å². The fourth-order valence-corrected chi connectivity index (χ4v) is 3.85. The molecule has 0 aliphatic heterocycles. The van der Waals surface area contributed by atoms with Gasteiger partial charge in [0.25, 0.3) is 0 Å². The molecule has 0 fully saturated rings. The van der Waals surface area contributed by atoms with Gasteiger partial charge in [0.05, 0.1) is 24.4 Å². The van der Waals surface area contributed by atoms with Crippen molar-refractivity contribution in [3.8, 4) is 6.07 Å². The van der Waals surface area contributed by atoms with E-state index < -0.39 is 10.0 Å². The van der Waals surface area contributed by atoms with E-state index in [-0.39, 0.29) is 18.5 Å². The van der Waals surface area contributed by atoms with Crippen molar-refractivity contribution in [3.05, 3.63) is 35.4 Å². The minimum atomic E-state index is -3.23. The highest BCUT2D eigenvalue weighted by Crippen LogP contribution is 2.06. The number of rotatable bonds is 10. The Balaban J connectivity index is 2.34. The second-order valence-electron chi connectivity index (χ2n) is 6.65. The molecule has 1 aromatic rings. The van der Waals surface area contributed by atoms with Crippen molar-refractivity contribution >= 4 is 15.9 Å². The Morgan fingerprint density at radius 3 is 2.38 bits per heavy atom. The normalized spacial score (nSPS) is 11.8. The maximum atomic E-state index is 12.0. The van der Waals surface area contributed by atoms with Crippen LogP contribution in [0.25, 0.3) is 0 Å². The van der Waals surface area contributed by atoms with Gasteiger partial charge in [-0.15, -0.1) is 0 Å². The van der Waals surface area contributed by atoms with Crippen molar-refractivity contribution < 1.29 is 13.2 Å². The number of benzene rings is 1. The Kier molecular flexibility index (Phi) is 8.72. The van der Waals surface area contributed by atoms with Crippen LogP contribution < -0.4 is 5.32 Å². The third kappa shape index (κ3) is 7.95. The lowest BCUT2D eigenvalue weighted by molar-refractivity contribution is -0.122. The molecule has 0 aliphatic rings. The van der Waals surface area contributed by atoms with Gasteiger partial charge in [0.15, 0.2) is 0 Å². The highest BCUT2D eigenvalue weighted by molar-refractivity contribution is 7.88. The smallest absolute Gasteiger partial charge is 0.234 e. The molecule has 1 rings (SSSR count). The monoisotopic (exact) mass is 380 g/mol. The number of hydrogen-bond donors (Lipinski definition) is 1. The highest BCUT2D eigenvalue weighted by Gasteiger charge is 2.19. The summed E-state index contributed by atoms with van der Waals surface area (Å²) in [5, 5.41) is 11.6. The van der Waals surface area contributed by atoms with Crippen LogP contribution in [0.2, 0.25) is 0 Å². The second kappa shape index (κ2) is 10.3. The van der Waals surface area contributed by atoms with Crippen molar-refractivity contribution in [2.24, 2.45) is 0 Å². The molecule has 0 atom stereocenters. The quantitative estimate of drug-likeness (QED) is 0.615. The Morgan fingerprint density at radius 1 is 1.27 bits per heavy atom. The SMILES string of the molecule is CC(C)N(CCCNC(=O)CN(C)Cc1ccc(C#N)cc1)S(C)(=O)=O. The minimum Gasteiger partial charge on any atom is -0.355 e. The van der Waals surface area contributed by atoms with E-state index in [1.54, 1.807) is 12.1 Å². The summed E-state index contributed by atoms with van der Waals surface area (Å²) in [6, 6.07) is 9.23. The molecular formula is C18H28N4O3S. The van der Waals surface area contributed by atoms with E-state index in [9.17, 15) is 13.2 Å². The van der Waals surface area contributed by atoms with Crippen molar-refractivity contribution in [2.75, 3.05) is 32.9 Å². The van der Waals surface area contributed by atoms with Gasteiger partial charge in [-0.2, -0.15) is 9.57 Å². The first kappa shape index (κ1) is 22.1. The van der Waals surface area contributed by atoms with Crippen LogP contribution in [0.3, 0.4) is 0 Å². The number of nitriles is 1. The predicted octanol–water partition coefficient (Wildman–Crippen LogP) is 1.17. The average molecular weight is 381 g/mol. The molecule has 0 saturated carbocycles. The summed E-state index contributed by atoms with van der Waals surface area (Å²) in [4.78, 5) is 13.9. The topological polar surface area (TPSA) is 93.5 Å². The van der Waals surface area contributed by atoms with Crippen molar-refractivity contribution in [1.82, 2.24) is 14.5 Å². The minimum absolute atomic E-state index is 0.0979. The van der Waals surface area contributed by atoms with Crippen LogP contribution in [0.15, 0.2) is 24.3 Å². The summed E-state index contributed by atoms with van der Waals surface area (Å²) in [6.07, 6.45) is 1.76. The molecule has 144 valence electrons. The first-order valence-corrected chi connectivity index (χ1v) is 10.4. The third-order valence-corrected chi connectivity index (χ3v) is 5.28. The number of sulfonamides is 1. The van der Waals surface area contributed by atoms with Crippen LogP contribution in [0.4, 0.5) is 0 Å². The molecule has 7 nitrogen and oxygen atoms in total. The van der Waals surface area contributed by atoms with Crippen LogP contribution in [0.5, 0.6) is 0 Å². The Labute approximate surface area is 156 Å². The van der Waals surface area contributed by atoms with Crippen molar-refractivity contribution in [2.45, 2.75) is 32.9 Å². The van der Waals surface area contributed by atoms with Gasteiger partial charge < -0.3 is 5.32 Å². The molecule has 1 aromatic carbocycles. The summed E-state index contributed by atoms with van der Waals surface area (Å²) in [5.41, 5.74) is 1.64. The molecule has 0 heterocycles. The molecule has 8 heteroatoms. The Hall–Kier alpha value is -1.95. The standard InChI is InChI=1S/C18H28N4O3S/c1-15(2)22(26(4,24)25)11-5-10-20-18(23)14-21(3)13-17-8-6-16(12-19)7-9-17/h6-9,15H,5,10-11,13-14H2,1-4H3,(H,20,23). The van der Waals surface area contributed by atoms with E-state index >= 15 is 0 Å². The maximum Gasteiger partial charge on any atom is 0.234 e. The zero-order chi connectivity index (χ0) is 19.7. The van der Waals surface area contributed by atoms with E-state index in [1.165, 1.54) is 10.6 Å². The number of carbonyl (C=O) groups excluding carboxylic acids is 1. The van der Waals surface area contributed by atoms with Gasteiger partial charge in [0.1, 0.15) is 0 Å². The van der Waals surface area contributed by atoms with Crippen LogP contribution >= 0.6 is 0 Å². The van der Waals surface area contributed by atoms with Gasteiger partial charge in [0, 0.05) is 25.7 Å². The summed E-state index contributed by atoms with van der Waals surface area (Å²) < 4.78 is 24.8. The Morgan fingerprint density at radius 2 is 1.88 bits per heavy atom. The van der Waals surface area contributed by atoms with Gasteiger partial charge in [-0.1, -0.05) is 12.1 Å². The lowest BCUT2D eigenvalue weighted by Crippen LogP contribution is -2.39. The van der Waals surface area contributed by atoms with E-state index in [4.69, 9.17) is 5.26 Å². The first-order chi connectivity index (χ1) is 12.1. The van der Waals surface area contributed by atoms with E-state index in [0.717, 1.165) is 5.56 Å². The van der Waals surface area contributed by atoms with Crippen LogP contribution in [-0.4, -0.2) is 62.5 Å². The number of nitrogens with one attached hydrogen (secondary N) is 1. The highest BCUT2D eigenvalue weighted by atomic mass is 32.2. The molecule has 0 spiro atoms. The van der Waals surface area contributed by atoms with Gasteiger partial charge in [0.2, 0.25) is 15.9 Å². The summed E-state index contributed by atoms with van der Waals surface area (Å²) >= 11 is 0. The molecular weight excluding hydrogens is 352 g/mol. The number of hydrogen-bond acceptors (Lipinski definition) is 5. The van der Waals surface area contributed by atoms with E-state index in [1.807, 2.05) is 37.9 Å². The summed E-state index contributed by atoms with van der Waals surface area (Å²) in [7, 11) is -1.38. The molecule has 0 aliphatic carbocycles. The van der Waals surface area contributed by atoms with Crippen LogP contribution in [-0.2, 0) is 21.4 Å². The van der Waals surface area contributed by atoms with Gasteiger partial charge in [-0.05, 0) is 45.0 Å². The van der Waals surface area contributed by atoms with E-state index in [2.05, 4.69) is 11.4 Å². The second-order valence-corrected chi connectivity index (χ2v) is 8.59. The molecule has 0 radical (unpaired) electrons. The maximum absolute atomic E-state index is 12.0. The molecule has 0 saturated heterocycles. The summed E-state index contributed by atoms with van der Waals surface area (Å²) in [6.45, 7) is 5.34. The van der Waals surface area contributed by atoms with Crippen LogP contribution in [0.1, 0.15) is 31.4 Å².